The summed E-state index contributed by atoms with van der Waals surface area (Å²) in [5.41, 5.74) is 1.20. The molecule has 5 aliphatic carbocycles. The maximum Gasteiger partial charge on any atom is 0.313 e. The van der Waals surface area contributed by atoms with Gasteiger partial charge in [-0.25, -0.2) is 0 Å². The van der Waals surface area contributed by atoms with Gasteiger partial charge in [-0.05, 0) is 109 Å². The molecule has 0 aromatic rings. The van der Waals surface area contributed by atoms with Crippen molar-refractivity contribution in [3.05, 3.63) is 11.6 Å². The van der Waals surface area contributed by atoms with Crippen molar-refractivity contribution in [2.45, 2.75) is 112 Å². The number of hydrogen-bond acceptors (Lipinski definition) is 5. The summed E-state index contributed by atoms with van der Waals surface area (Å²) in [4.78, 5) is 28.1. The molecule has 0 bridgehead atoms. The number of fused-ring (bicyclic) bond motifs is 7. The van der Waals surface area contributed by atoms with Crippen LogP contribution in [0.5, 0.6) is 0 Å². The molecular formula is C35H57NO5. The molecule has 4 fully saturated rings. The van der Waals surface area contributed by atoms with Gasteiger partial charge in [0.1, 0.15) is 0 Å². The normalized spacial score (nSPS) is 46.6. The average Bonchev–Trinajstić information content (AvgIpc) is 2.92. The molecule has 10 atom stereocenters. The van der Waals surface area contributed by atoms with E-state index in [0.717, 1.165) is 51.4 Å². The van der Waals surface area contributed by atoms with Crippen LogP contribution in [0.3, 0.4) is 0 Å². The van der Waals surface area contributed by atoms with Gasteiger partial charge >= 0.3 is 5.97 Å². The van der Waals surface area contributed by atoms with Crippen LogP contribution in [0.2, 0.25) is 0 Å². The second-order valence-electron chi connectivity index (χ2n) is 16.3. The lowest BCUT2D eigenvalue weighted by Gasteiger charge is -2.71. The summed E-state index contributed by atoms with van der Waals surface area (Å²) in [7, 11) is 1.64. The molecule has 0 aromatic carbocycles. The van der Waals surface area contributed by atoms with Gasteiger partial charge in [-0.1, -0.05) is 60.1 Å². The van der Waals surface area contributed by atoms with E-state index in [0.29, 0.717) is 23.7 Å². The first-order valence-electron chi connectivity index (χ1n) is 16.5. The molecule has 0 radical (unpaired) electrons. The predicted molar refractivity (Wildman–Crippen MR) is 161 cm³/mol. The highest BCUT2D eigenvalue weighted by Gasteiger charge is 2.69. The first-order chi connectivity index (χ1) is 19.1. The summed E-state index contributed by atoms with van der Waals surface area (Å²) in [6, 6.07) is 0. The standard InChI is InChI=1S/C35H57NO5/c1-22-11-16-35(30(40)41-21-28(39)36(8)19-20-37)18-17-33(6)24(29(35)23(22)2)9-10-26-32(5)14-13-27(38)31(3,4)25(32)12-15-34(26,33)7/h9,22-23,25-27,29,37-38H,10-21H2,1-8H3/t22-,23+,25+,26-,27+,29+,32+,33-,34-,35+/m1/s1. The molecule has 5 rings (SSSR count). The Labute approximate surface area is 248 Å². The Morgan fingerprint density at radius 3 is 2.37 bits per heavy atom. The smallest absolute Gasteiger partial charge is 0.313 e. The topological polar surface area (TPSA) is 87.1 Å². The van der Waals surface area contributed by atoms with Crippen LogP contribution >= 0.6 is 0 Å². The number of amides is 1. The maximum atomic E-state index is 14.1. The van der Waals surface area contributed by atoms with Crippen LogP contribution in [0.25, 0.3) is 0 Å². The Hall–Kier alpha value is -1.40. The molecule has 2 N–H and O–H groups in total. The molecule has 0 aliphatic heterocycles. The summed E-state index contributed by atoms with van der Waals surface area (Å²) < 4.78 is 5.86. The fourth-order valence-corrected chi connectivity index (χ4v) is 11.5. The Balaban J connectivity index is 1.50. The zero-order valence-corrected chi connectivity index (χ0v) is 27.1. The van der Waals surface area contributed by atoms with E-state index < -0.39 is 5.41 Å². The molecule has 0 aromatic heterocycles. The Morgan fingerprint density at radius 1 is 0.976 bits per heavy atom. The second kappa shape index (κ2) is 10.4. The molecule has 0 heterocycles. The number of aliphatic hydroxyl groups excluding tert-OH is 2. The minimum atomic E-state index is -0.575. The third kappa shape index (κ3) is 4.30. The molecule has 41 heavy (non-hydrogen) atoms. The van der Waals surface area contributed by atoms with E-state index in [4.69, 9.17) is 4.74 Å². The molecular weight excluding hydrogens is 514 g/mol. The highest BCUT2D eigenvalue weighted by atomic mass is 16.5. The van der Waals surface area contributed by atoms with Crippen LogP contribution in [0.15, 0.2) is 11.6 Å². The number of aliphatic hydroxyl groups is 2. The lowest BCUT2D eigenvalue weighted by atomic mass is 9.33. The zero-order valence-electron chi connectivity index (χ0n) is 27.1. The van der Waals surface area contributed by atoms with E-state index in [1.54, 1.807) is 7.05 Å². The molecule has 1 amide bonds. The number of esters is 1. The highest BCUT2D eigenvalue weighted by Crippen LogP contribution is 2.75. The van der Waals surface area contributed by atoms with Gasteiger partial charge in [0.05, 0.1) is 18.1 Å². The van der Waals surface area contributed by atoms with Crippen LogP contribution in [0.4, 0.5) is 0 Å². The molecule has 0 spiro atoms. The van der Waals surface area contributed by atoms with E-state index >= 15 is 0 Å². The first kappa shape index (κ1) is 31.0. The Kier molecular flexibility index (Phi) is 7.84. The number of allylic oxidation sites excluding steroid dienone is 2. The number of carbonyl (C=O) groups excluding carboxylic acids is 2. The largest absolute Gasteiger partial charge is 0.455 e. The number of hydrogen-bond donors (Lipinski definition) is 2. The third-order valence-corrected chi connectivity index (χ3v) is 14.6. The fraction of sp³-hybridized carbons (Fsp3) is 0.886. The molecule has 5 aliphatic rings. The van der Waals surface area contributed by atoms with Crippen molar-refractivity contribution in [3.8, 4) is 0 Å². The molecule has 6 heteroatoms. The van der Waals surface area contributed by atoms with E-state index in [-0.39, 0.29) is 65.3 Å². The van der Waals surface area contributed by atoms with Gasteiger partial charge in [0, 0.05) is 13.6 Å². The minimum absolute atomic E-state index is 0.0149. The Morgan fingerprint density at radius 2 is 1.68 bits per heavy atom. The zero-order chi connectivity index (χ0) is 30.2. The van der Waals surface area contributed by atoms with Crippen molar-refractivity contribution in [1.82, 2.24) is 4.90 Å². The van der Waals surface area contributed by atoms with Gasteiger partial charge in [-0.2, -0.15) is 0 Å². The van der Waals surface area contributed by atoms with Crippen molar-refractivity contribution in [2.24, 2.45) is 56.7 Å². The summed E-state index contributed by atoms with van der Waals surface area (Å²) in [6.45, 7) is 16.8. The molecule has 232 valence electrons. The second-order valence-corrected chi connectivity index (χ2v) is 16.3. The van der Waals surface area contributed by atoms with Crippen molar-refractivity contribution < 1.29 is 24.5 Å². The molecule has 4 saturated carbocycles. The molecule has 0 unspecified atom stereocenters. The van der Waals surface area contributed by atoms with Crippen molar-refractivity contribution in [2.75, 3.05) is 26.8 Å². The van der Waals surface area contributed by atoms with Gasteiger partial charge in [-0.3, -0.25) is 9.59 Å². The number of ether oxygens (including phenoxy) is 1. The van der Waals surface area contributed by atoms with Crippen LogP contribution in [0.1, 0.15) is 106 Å². The maximum absolute atomic E-state index is 14.1. The van der Waals surface area contributed by atoms with Gasteiger partial charge in [0.15, 0.2) is 6.61 Å². The summed E-state index contributed by atoms with van der Waals surface area (Å²) in [5, 5.41) is 20.2. The highest BCUT2D eigenvalue weighted by molar-refractivity contribution is 5.83. The summed E-state index contributed by atoms with van der Waals surface area (Å²) >= 11 is 0. The number of nitrogens with zero attached hydrogens (tertiary/aromatic N) is 1. The van der Waals surface area contributed by atoms with Gasteiger partial charge in [0.25, 0.3) is 5.91 Å². The SMILES string of the molecule is C[C@H]1[C@H](C)CC[C@]2(C(=O)OCC(=O)N(C)CCO)CC[C@]3(C)C(=CC[C@@H]4[C@@]5(C)CC[C@H](O)C(C)(C)[C@@H]5CC[C@]43C)[C@H]12. The van der Waals surface area contributed by atoms with Gasteiger partial charge < -0.3 is 19.8 Å². The average molecular weight is 572 g/mol. The van der Waals surface area contributed by atoms with Gasteiger partial charge in [0.2, 0.25) is 0 Å². The van der Waals surface area contributed by atoms with Crippen molar-refractivity contribution in [3.63, 3.8) is 0 Å². The summed E-state index contributed by atoms with van der Waals surface area (Å²) in [5.74, 6) is 1.65. The van der Waals surface area contributed by atoms with E-state index in [9.17, 15) is 19.8 Å². The number of carbonyl (C=O) groups is 2. The quantitative estimate of drug-likeness (QED) is 0.312. The van der Waals surface area contributed by atoms with E-state index in [1.807, 2.05) is 0 Å². The monoisotopic (exact) mass is 571 g/mol. The fourth-order valence-electron chi connectivity index (χ4n) is 11.5. The molecule has 6 nitrogen and oxygen atoms in total. The lowest BCUT2D eigenvalue weighted by molar-refractivity contribution is -0.207. The van der Waals surface area contributed by atoms with Crippen LogP contribution in [0, 0.1) is 56.7 Å². The van der Waals surface area contributed by atoms with Gasteiger partial charge in [-0.15, -0.1) is 0 Å². The minimum Gasteiger partial charge on any atom is -0.455 e. The van der Waals surface area contributed by atoms with Crippen LogP contribution in [-0.4, -0.2) is 59.9 Å². The predicted octanol–water partition coefficient (Wildman–Crippen LogP) is 6.00. The van der Waals surface area contributed by atoms with Crippen molar-refractivity contribution >= 4 is 11.9 Å². The van der Waals surface area contributed by atoms with Crippen molar-refractivity contribution in [1.29, 1.82) is 0 Å². The lowest BCUT2D eigenvalue weighted by Crippen LogP contribution is -2.65. The van der Waals surface area contributed by atoms with Crippen LogP contribution < -0.4 is 0 Å². The third-order valence-electron chi connectivity index (χ3n) is 14.6. The summed E-state index contributed by atoms with van der Waals surface area (Å²) in [6.07, 6.45) is 11.3. The van der Waals surface area contributed by atoms with E-state index in [2.05, 4.69) is 54.5 Å². The van der Waals surface area contributed by atoms with Crippen LogP contribution in [-0.2, 0) is 14.3 Å². The first-order valence-corrected chi connectivity index (χ1v) is 16.5. The number of rotatable bonds is 5. The van der Waals surface area contributed by atoms with E-state index in [1.165, 1.54) is 16.9 Å². The molecule has 0 saturated heterocycles. The number of likely N-dealkylation sites (N-methyl/N-ethyl adjacent to an activating group) is 1. The Bertz CT molecular complexity index is 1080.